The predicted octanol–water partition coefficient (Wildman–Crippen LogP) is 2.49. The van der Waals surface area contributed by atoms with Gasteiger partial charge in [-0.3, -0.25) is 9.59 Å². The number of carbonyl (C=O) groups is 1. The Morgan fingerprint density at radius 1 is 1.32 bits per heavy atom. The third-order valence-electron chi connectivity index (χ3n) is 5.38. The van der Waals surface area contributed by atoms with Gasteiger partial charge in [0, 0.05) is 30.5 Å². The Bertz CT molecular complexity index is 866. The highest BCUT2D eigenvalue weighted by molar-refractivity contribution is 7.18. The Morgan fingerprint density at radius 3 is 2.92 bits per heavy atom. The first-order valence-electron chi connectivity index (χ1n) is 8.95. The quantitative estimate of drug-likeness (QED) is 0.892. The van der Waals surface area contributed by atoms with Crippen LogP contribution in [0.15, 0.2) is 4.79 Å². The summed E-state index contributed by atoms with van der Waals surface area (Å²) in [5.74, 6) is 0.885. The normalized spacial score (nSPS) is 24.2. The number of fused-ring (bicyclic) bond motifs is 1. The van der Waals surface area contributed by atoms with E-state index in [1.165, 1.54) is 0 Å². The summed E-state index contributed by atoms with van der Waals surface area (Å²) in [6, 6.07) is 0. The fraction of sp³-hybridized carbons (Fsp3) is 0.611. The molecular weight excluding hydrogens is 338 g/mol. The molecule has 7 heteroatoms. The smallest absolute Gasteiger partial charge is 0.259 e. The second-order valence-corrected chi connectivity index (χ2v) is 8.24. The minimum absolute atomic E-state index is 0.0653. The van der Waals surface area contributed by atoms with Crippen molar-refractivity contribution in [1.29, 1.82) is 0 Å². The van der Waals surface area contributed by atoms with Crippen LogP contribution in [-0.2, 0) is 9.53 Å². The average Bonchev–Trinajstić information content (AvgIpc) is 3.23. The molecule has 1 N–H and O–H groups in total. The van der Waals surface area contributed by atoms with E-state index >= 15 is 0 Å². The van der Waals surface area contributed by atoms with Crippen LogP contribution < -0.4 is 5.56 Å². The zero-order valence-corrected chi connectivity index (χ0v) is 15.4. The second kappa shape index (κ2) is 6.53. The first-order valence-corrected chi connectivity index (χ1v) is 9.76. The van der Waals surface area contributed by atoms with Crippen LogP contribution >= 0.6 is 11.3 Å². The molecule has 0 saturated carbocycles. The van der Waals surface area contributed by atoms with Crippen LogP contribution in [0.1, 0.15) is 47.9 Å². The lowest BCUT2D eigenvalue weighted by atomic mass is 9.96. The summed E-state index contributed by atoms with van der Waals surface area (Å²) in [4.78, 5) is 36.6. The van der Waals surface area contributed by atoms with Gasteiger partial charge in [-0.15, -0.1) is 11.3 Å². The number of thiophene rings is 1. The molecule has 0 aliphatic carbocycles. The van der Waals surface area contributed by atoms with Gasteiger partial charge in [0.25, 0.3) is 11.5 Å². The maximum atomic E-state index is 12.6. The van der Waals surface area contributed by atoms with Crippen molar-refractivity contribution in [2.75, 3.05) is 19.7 Å². The highest BCUT2D eigenvalue weighted by Gasteiger charge is 2.32. The molecule has 25 heavy (non-hydrogen) atoms. The lowest BCUT2D eigenvalue weighted by Crippen LogP contribution is -2.44. The molecule has 2 atom stereocenters. The number of H-pyrrole nitrogens is 1. The van der Waals surface area contributed by atoms with E-state index < -0.39 is 0 Å². The Kier molecular flexibility index (Phi) is 4.37. The van der Waals surface area contributed by atoms with Crippen LogP contribution in [0.5, 0.6) is 0 Å². The van der Waals surface area contributed by atoms with E-state index in [2.05, 4.69) is 4.98 Å². The number of rotatable bonds is 2. The number of aromatic nitrogens is 2. The van der Waals surface area contributed by atoms with Crippen LogP contribution in [0, 0.1) is 13.8 Å². The van der Waals surface area contributed by atoms with E-state index in [1.54, 1.807) is 11.3 Å². The van der Waals surface area contributed by atoms with Crippen molar-refractivity contribution in [1.82, 2.24) is 14.9 Å². The SMILES string of the molecule is Cc1sc2nc([C@@H]3CCCN(C(=O)[C@@H]4CCCO4)C3)[nH]c(=O)c2c1C. The zero-order chi connectivity index (χ0) is 17.6. The number of aryl methyl sites for hydroxylation is 2. The molecule has 2 aromatic rings. The summed E-state index contributed by atoms with van der Waals surface area (Å²) in [7, 11) is 0. The summed E-state index contributed by atoms with van der Waals surface area (Å²) < 4.78 is 5.54. The molecule has 0 unspecified atom stereocenters. The number of nitrogens with zero attached hydrogens (tertiary/aromatic N) is 2. The summed E-state index contributed by atoms with van der Waals surface area (Å²) in [6.07, 6.45) is 3.35. The molecule has 2 aromatic heterocycles. The van der Waals surface area contributed by atoms with E-state index in [9.17, 15) is 9.59 Å². The van der Waals surface area contributed by atoms with Crippen molar-refractivity contribution in [3.63, 3.8) is 0 Å². The number of nitrogens with one attached hydrogen (secondary N) is 1. The number of hydrogen-bond acceptors (Lipinski definition) is 5. The van der Waals surface area contributed by atoms with Gasteiger partial charge in [-0.2, -0.15) is 0 Å². The first kappa shape index (κ1) is 16.7. The van der Waals surface area contributed by atoms with E-state index in [1.807, 2.05) is 18.7 Å². The molecule has 0 aromatic carbocycles. The van der Waals surface area contributed by atoms with E-state index in [0.29, 0.717) is 24.4 Å². The third kappa shape index (κ3) is 3.00. The van der Waals surface area contributed by atoms with Gasteiger partial charge in [-0.25, -0.2) is 4.98 Å². The molecule has 134 valence electrons. The number of hydrogen-bond donors (Lipinski definition) is 1. The molecule has 0 radical (unpaired) electrons. The lowest BCUT2D eigenvalue weighted by molar-refractivity contribution is -0.142. The molecule has 1 amide bonds. The monoisotopic (exact) mass is 361 g/mol. The van der Waals surface area contributed by atoms with E-state index in [0.717, 1.165) is 47.5 Å². The number of carbonyl (C=O) groups excluding carboxylic acids is 1. The third-order valence-corrected chi connectivity index (χ3v) is 6.48. The number of piperidine rings is 1. The Hall–Kier alpha value is -1.73. The summed E-state index contributed by atoms with van der Waals surface area (Å²) >= 11 is 1.57. The fourth-order valence-electron chi connectivity index (χ4n) is 3.84. The van der Waals surface area contributed by atoms with Crippen molar-refractivity contribution in [2.24, 2.45) is 0 Å². The van der Waals surface area contributed by atoms with Crippen LogP contribution in [0.2, 0.25) is 0 Å². The summed E-state index contributed by atoms with van der Waals surface area (Å²) in [6.45, 7) is 6.03. The molecule has 4 rings (SSSR count). The van der Waals surface area contributed by atoms with Gasteiger partial charge in [0.1, 0.15) is 16.8 Å². The average molecular weight is 361 g/mol. The van der Waals surface area contributed by atoms with E-state index in [4.69, 9.17) is 9.72 Å². The minimum atomic E-state index is -0.282. The Labute approximate surface area is 150 Å². The number of amides is 1. The van der Waals surface area contributed by atoms with Crippen LogP contribution in [0.4, 0.5) is 0 Å². The van der Waals surface area contributed by atoms with Crippen molar-refractivity contribution < 1.29 is 9.53 Å². The summed E-state index contributed by atoms with van der Waals surface area (Å²) in [5, 5.41) is 0.703. The topological polar surface area (TPSA) is 75.3 Å². The van der Waals surface area contributed by atoms with Gasteiger partial charge in [0.2, 0.25) is 0 Å². The molecule has 2 fully saturated rings. The van der Waals surface area contributed by atoms with Crippen molar-refractivity contribution in [3.8, 4) is 0 Å². The Morgan fingerprint density at radius 2 is 2.16 bits per heavy atom. The highest BCUT2D eigenvalue weighted by atomic mass is 32.1. The second-order valence-electron chi connectivity index (χ2n) is 7.04. The fourth-order valence-corrected chi connectivity index (χ4v) is 4.88. The standard InChI is InChI=1S/C18H23N3O3S/c1-10-11(2)25-17-14(10)16(22)19-15(20-17)12-5-3-7-21(9-12)18(23)13-6-4-8-24-13/h12-13H,3-9H2,1-2H3,(H,19,20,22)/t12-,13+/m1/s1. The molecule has 2 aliphatic rings. The van der Waals surface area contributed by atoms with Crippen molar-refractivity contribution in [3.05, 3.63) is 26.6 Å². The van der Waals surface area contributed by atoms with Gasteiger partial charge < -0.3 is 14.6 Å². The molecule has 2 aliphatic heterocycles. The van der Waals surface area contributed by atoms with Gasteiger partial charge in [-0.1, -0.05) is 0 Å². The van der Waals surface area contributed by atoms with Crippen molar-refractivity contribution >= 4 is 27.5 Å². The Balaban J connectivity index is 1.60. The van der Waals surface area contributed by atoms with E-state index in [-0.39, 0.29) is 23.5 Å². The first-order chi connectivity index (χ1) is 12.0. The molecule has 6 nitrogen and oxygen atoms in total. The van der Waals surface area contributed by atoms with Gasteiger partial charge in [-0.05, 0) is 45.1 Å². The molecule has 2 saturated heterocycles. The number of ether oxygens (including phenoxy) is 1. The van der Waals surface area contributed by atoms with Gasteiger partial charge in [0.05, 0.1) is 5.39 Å². The summed E-state index contributed by atoms with van der Waals surface area (Å²) in [5.41, 5.74) is 0.948. The van der Waals surface area contributed by atoms with Crippen LogP contribution in [0.3, 0.4) is 0 Å². The minimum Gasteiger partial charge on any atom is -0.368 e. The largest absolute Gasteiger partial charge is 0.368 e. The predicted molar refractivity (Wildman–Crippen MR) is 97.2 cm³/mol. The highest BCUT2D eigenvalue weighted by Crippen LogP contribution is 2.30. The molecule has 4 heterocycles. The van der Waals surface area contributed by atoms with Crippen LogP contribution in [0.25, 0.3) is 10.2 Å². The number of aromatic amines is 1. The number of likely N-dealkylation sites (tertiary alicyclic amines) is 1. The lowest BCUT2D eigenvalue weighted by Gasteiger charge is -2.33. The molecule has 0 bridgehead atoms. The van der Waals surface area contributed by atoms with Crippen molar-refractivity contribution in [2.45, 2.75) is 51.6 Å². The zero-order valence-electron chi connectivity index (χ0n) is 14.6. The maximum Gasteiger partial charge on any atom is 0.259 e. The van der Waals surface area contributed by atoms with Gasteiger partial charge in [0.15, 0.2) is 0 Å². The maximum absolute atomic E-state index is 12.6. The molecular formula is C18H23N3O3S. The van der Waals surface area contributed by atoms with Crippen LogP contribution in [-0.4, -0.2) is 46.6 Å². The van der Waals surface area contributed by atoms with Gasteiger partial charge >= 0.3 is 0 Å². The molecule has 0 spiro atoms.